The smallest absolute Gasteiger partial charge is 0.338 e. The van der Waals surface area contributed by atoms with Crippen molar-refractivity contribution in [1.82, 2.24) is 10.6 Å². The summed E-state index contributed by atoms with van der Waals surface area (Å²) in [5.74, 6) is -1.49. The van der Waals surface area contributed by atoms with Gasteiger partial charge in [0, 0.05) is 7.05 Å². The first-order chi connectivity index (χ1) is 8.93. The Balaban J connectivity index is 2.53. The van der Waals surface area contributed by atoms with E-state index < -0.39 is 24.5 Å². The van der Waals surface area contributed by atoms with Crippen LogP contribution in [0.2, 0.25) is 10.0 Å². The molecule has 0 unspecified atom stereocenters. The van der Waals surface area contributed by atoms with Crippen molar-refractivity contribution in [2.45, 2.75) is 0 Å². The molecule has 3 amide bonds. The summed E-state index contributed by atoms with van der Waals surface area (Å²) in [6.45, 7) is -0.577. The molecule has 19 heavy (non-hydrogen) atoms. The van der Waals surface area contributed by atoms with Gasteiger partial charge < -0.3 is 10.1 Å². The van der Waals surface area contributed by atoms with Gasteiger partial charge in [0.2, 0.25) is 0 Å². The van der Waals surface area contributed by atoms with Crippen LogP contribution in [0.1, 0.15) is 10.4 Å². The van der Waals surface area contributed by atoms with Crippen LogP contribution < -0.4 is 10.6 Å². The third-order valence-corrected chi connectivity index (χ3v) is 2.71. The standard InChI is InChI=1S/C11H10Cl2N2O4/c1-14-11(18)15-9(16)5-19-10(17)6-2-3-7(12)8(13)4-6/h2-4H,5H2,1H3,(H2,14,15,16,18). The van der Waals surface area contributed by atoms with E-state index in [0.29, 0.717) is 5.02 Å². The summed E-state index contributed by atoms with van der Waals surface area (Å²) in [4.78, 5) is 33.5. The number of benzene rings is 1. The number of rotatable bonds is 3. The van der Waals surface area contributed by atoms with Crippen molar-refractivity contribution in [1.29, 1.82) is 0 Å². The maximum absolute atomic E-state index is 11.6. The summed E-state index contributed by atoms with van der Waals surface area (Å²) in [6, 6.07) is 3.48. The highest BCUT2D eigenvalue weighted by Crippen LogP contribution is 2.22. The third-order valence-electron chi connectivity index (χ3n) is 1.97. The number of hydrogen-bond donors (Lipinski definition) is 2. The van der Waals surface area contributed by atoms with Crippen molar-refractivity contribution in [2.24, 2.45) is 0 Å². The monoisotopic (exact) mass is 304 g/mol. The summed E-state index contributed by atoms with van der Waals surface area (Å²) in [6.07, 6.45) is 0. The maximum Gasteiger partial charge on any atom is 0.338 e. The molecule has 0 saturated carbocycles. The molecule has 0 aromatic heterocycles. The molecule has 6 nitrogen and oxygen atoms in total. The van der Waals surface area contributed by atoms with E-state index in [-0.39, 0.29) is 10.6 Å². The highest BCUT2D eigenvalue weighted by molar-refractivity contribution is 6.42. The van der Waals surface area contributed by atoms with Crippen molar-refractivity contribution in [3.8, 4) is 0 Å². The lowest BCUT2D eigenvalue weighted by molar-refractivity contribution is -0.123. The number of hydrogen-bond acceptors (Lipinski definition) is 4. The Hall–Kier alpha value is -1.79. The minimum Gasteiger partial charge on any atom is -0.452 e. The molecular formula is C11H10Cl2N2O4. The molecule has 1 aromatic rings. The molecule has 0 heterocycles. The Morgan fingerprint density at radius 3 is 2.47 bits per heavy atom. The van der Waals surface area contributed by atoms with E-state index in [1.807, 2.05) is 5.32 Å². The molecule has 0 aliphatic heterocycles. The fourth-order valence-corrected chi connectivity index (χ4v) is 1.36. The second-order valence-corrected chi connectivity index (χ2v) is 4.15. The number of imide groups is 1. The second-order valence-electron chi connectivity index (χ2n) is 3.33. The van der Waals surface area contributed by atoms with Gasteiger partial charge in [-0.2, -0.15) is 0 Å². The van der Waals surface area contributed by atoms with E-state index >= 15 is 0 Å². The lowest BCUT2D eigenvalue weighted by Crippen LogP contribution is -2.39. The van der Waals surface area contributed by atoms with Gasteiger partial charge in [0.25, 0.3) is 5.91 Å². The summed E-state index contributed by atoms with van der Waals surface area (Å²) in [7, 11) is 1.35. The van der Waals surface area contributed by atoms with Gasteiger partial charge in [-0.1, -0.05) is 23.2 Å². The first-order valence-electron chi connectivity index (χ1n) is 5.07. The Bertz CT molecular complexity index is 519. The van der Waals surface area contributed by atoms with Crippen LogP contribution in [0.3, 0.4) is 0 Å². The summed E-state index contributed by atoms with van der Waals surface area (Å²) >= 11 is 11.4. The van der Waals surface area contributed by atoms with Crippen LogP contribution in [0.15, 0.2) is 18.2 Å². The van der Waals surface area contributed by atoms with Crippen LogP contribution in [-0.4, -0.2) is 31.6 Å². The van der Waals surface area contributed by atoms with Gasteiger partial charge in [0.15, 0.2) is 6.61 Å². The molecule has 0 saturated heterocycles. The van der Waals surface area contributed by atoms with E-state index in [0.717, 1.165) is 0 Å². The fourth-order valence-electron chi connectivity index (χ4n) is 1.06. The highest BCUT2D eigenvalue weighted by Gasteiger charge is 2.12. The SMILES string of the molecule is CNC(=O)NC(=O)COC(=O)c1ccc(Cl)c(Cl)c1. The predicted molar refractivity (Wildman–Crippen MR) is 69.3 cm³/mol. The third kappa shape index (κ3) is 4.76. The molecule has 0 bridgehead atoms. The molecule has 8 heteroatoms. The van der Waals surface area contributed by atoms with Crippen molar-refractivity contribution in [2.75, 3.05) is 13.7 Å². The first-order valence-corrected chi connectivity index (χ1v) is 5.83. The molecule has 0 spiro atoms. The van der Waals surface area contributed by atoms with E-state index in [1.165, 1.54) is 25.2 Å². The fraction of sp³-hybridized carbons (Fsp3) is 0.182. The van der Waals surface area contributed by atoms with E-state index in [1.54, 1.807) is 0 Å². The molecular weight excluding hydrogens is 295 g/mol. The molecule has 1 rings (SSSR count). The average Bonchev–Trinajstić information content (AvgIpc) is 2.39. The van der Waals surface area contributed by atoms with Crippen LogP contribution >= 0.6 is 23.2 Å². The Kier molecular flexibility index (Phi) is 5.59. The van der Waals surface area contributed by atoms with Crippen molar-refractivity contribution in [3.05, 3.63) is 33.8 Å². The minimum atomic E-state index is -0.745. The van der Waals surface area contributed by atoms with Crippen LogP contribution in [0, 0.1) is 0 Å². The van der Waals surface area contributed by atoms with Crippen molar-refractivity contribution in [3.63, 3.8) is 0 Å². The largest absolute Gasteiger partial charge is 0.452 e. The molecule has 0 fully saturated rings. The Morgan fingerprint density at radius 2 is 1.89 bits per heavy atom. The zero-order valence-corrected chi connectivity index (χ0v) is 11.3. The van der Waals surface area contributed by atoms with Gasteiger partial charge in [0.1, 0.15) is 0 Å². The van der Waals surface area contributed by atoms with E-state index in [2.05, 4.69) is 5.32 Å². The van der Waals surface area contributed by atoms with Crippen molar-refractivity contribution < 1.29 is 19.1 Å². The predicted octanol–water partition coefficient (Wildman–Crippen LogP) is 1.61. The molecule has 0 radical (unpaired) electrons. The summed E-state index contributed by atoms with van der Waals surface area (Å²) in [5.41, 5.74) is 0.155. The number of amides is 3. The number of nitrogens with one attached hydrogen (secondary N) is 2. The number of urea groups is 1. The van der Waals surface area contributed by atoms with E-state index in [4.69, 9.17) is 27.9 Å². The summed E-state index contributed by atoms with van der Waals surface area (Å²) in [5, 5.41) is 4.63. The van der Waals surface area contributed by atoms with Crippen molar-refractivity contribution >= 4 is 41.1 Å². The highest BCUT2D eigenvalue weighted by atomic mass is 35.5. The Labute approximate surface area is 119 Å². The second kappa shape index (κ2) is 6.96. The zero-order chi connectivity index (χ0) is 14.4. The molecule has 0 aliphatic carbocycles. The van der Waals surface area contributed by atoms with Crippen LogP contribution in [0.5, 0.6) is 0 Å². The average molecular weight is 305 g/mol. The lowest BCUT2D eigenvalue weighted by Gasteiger charge is -2.06. The lowest BCUT2D eigenvalue weighted by atomic mass is 10.2. The van der Waals surface area contributed by atoms with Gasteiger partial charge in [-0.15, -0.1) is 0 Å². The minimum absolute atomic E-state index is 0.155. The van der Waals surface area contributed by atoms with Crippen LogP contribution in [0.4, 0.5) is 4.79 Å². The van der Waals surface area contributed by atoms with Crippen LogP contribution in [-0.2, 0) is 9.53 Å². The molecule has 102 valence electrons. The molecule has 0 aliphatic rings. The van der Waals surface area contributed by atoms with Crippen LogP contribution in [0.25, 0.3) is 0 Å². The van der Waals surface area contributed by atoms with Gasteiger partial charge in [-0.3, -0.25) is 10.1 Å². The van der Waals surface area contributed by atoms with Gasteiger partial charge >= 0.3 is 12.0 Å². The topological polar surface area (TPSA) is 84.5 Å². The number of halogens is 2. The van der Waals surface area contributed by atoms with E-state index in [9.17, 15) is 14.4 Å². The normalized spacial score (nSPS) is 9.63. The van der Waals surface area contributed by atoms with Gasteiger partial charge in [-0.25, -0.2) is 9.59 Å². The first kappa shape index (κ1) is 15.3. The number of carbonyl (C=O) groups is 3. The number of ether oxygens (including phenoxy) is 1. The van der Waals surface area contributed by atoms with Gasteiger partial charge in [-0.05, 0) is 18.2 Å². The molecule has 2 N–H and O–H groups in total. The zero-order valence-electron chi connectivity index (χ0n) is 9.83. The number of esters is 1. The molecule has 0 atom stereocenters. The Morgan fingerprint density at radius 1 is 1.21 bits per heavy atom. The van der Waals surface area contributed by atoms with Gasteiger partial charge in [0.05, 0.1) is 15.6 Å². The summed E-state index contributed by atoms with van der Waals surface area (Å²) < 4.78 is 4.70. The maximum atomic E-state index is 11.6. The number of carbonyl (C=O) groups excluding carboxylic acids is 3. The quantitative estimate of drug-likeness (QED) is 0.831. The molecule has 1 aromatic carbocycles.